The van der Waals surface area contributed by atoms with Crippen LogP contribution in [-0.4, -0.2) is 39.9 Å². The number of nitro groups is 1. The molecule has 0 atom stereocenters. The molecular formula is C8H11N7O4S2. The van der Waals surface area contributed by atoms with E-state index in [-0.39, 0.29) is 15.8 Å². The standard InChI is InChI=1S/C8H11N7O4S2/c1-14(3-6-10-4-11-13-6)21(18,19)7-2-5(15(16)17)8(12-9)20-7/h2,4,12H,3,9H2,1H3,(H,10,11,13). The Morgan fingerprint density at radius 3 is 2.81 bits per heavy atom. The van der Waals surface area contributed by atoms with Gasteiger partial charge in [-0.25, -0.2) is 19.2 Å². The lowest BCUT2D eigenvalue weighted by Gasteiger charge is -2.13. The molecule has 4 N–H and O–H groups in total. The van der Waals surface area contributed by atoms with E-state index >= 15 is 0 Å². The number of aromatic amines is 1. The molecular weight excluding hydrogens is 322 g/mol. The molecule has 0 fully saturated rings. The quantitative estimate of drug-likeness (QED) is 0.374. The first kappa shape index (κ1) is 15.3. The van der Waals surface area contributed by atoms with Crippen molar-refractivity contribution in [2.45, 2.75) is 10.8 Å². The molecule has 0 aliphatic rings. The fraction of sp³-hybridized carbons (Fsp3) is 0.250. The molecule has 0 aliphatic heterocycles. The smallest absolute Gasteiger partial charge is 0.306 e. The van der Waals surface area contributed by atoms with E-state index < -0.39 is 20.6 Å². The SMILES string of the molecule is CN(Cc1ncn[nH]1)S(=O)(=O)c1cc([N+](=O)[O-])c(NN)s1. The van der Waals surface area contributed by atoms with Gasteiger partial charge in [-0.1, -0.05) is 11.3 Å². The third-order valence-electron chi connectivity index (χ3n) is 2.52. The number of rotatable bonds is 6. The predicted molar refractivity (Wildman–Crippen MR) is 73.8 cm³/mol. The summed E-state index contributed by atoms with van der Waals surface area (Å²) in [6.07, 6.45) is 1.25. The van der Waals surface area contributed by atoms with Gasteiger partial charge in [0.05, 0.1) is 11.5 Å². The zero-order valence-corrected chi connectivity index (χ0v) is 12.3. The summed E-state index contributed by atoms with van der Waals surface area (Å²) in [6, 6.07) is 0.964. The normalized spacial score (nSPS) is 11.8. The van der Waals surface area contributed by atoms with Gasteiger partial charge >= 0.3 is 5.69 Å². The van der Waals surface area contributed by atoms with E-state index in [1.165, 1.54) is 13.4 Å². The summed E-state index contributed by atoms with van der Waals surface area (Å²) in [6.45, 7) is -0.0422. The van der Waals surface area contributed by atoms with Crippen LogP contribution in [-0.2, 0) is 16.6 Å². The second kappa shape index (κ2) is 5.72. The molecule has 0 aliphatic carbocycles. The maximum absolute atomic E-state index is 12.3. The molecule has 21 heavy (non-hydrogen) atoms. The number of nitrogens with one attached hydrogen (secondary N) is 2. The molecule has 114 valence electrons. The van der Waals surface area contributed by atoms with Crippen LogP contribution in [0, 0.1) is 10.1 Å². The largest absolute Gasteiger partial charge is 0.310 e. The number of nitrogen functional groups attached to an aromatic ring is 1. The number of nitrogens with two attached hydrogens (primary N) is 1. The highest BCUT2D eigenvalue weighted by molar-refractivity contribution is 7.91. The fourth-order valence-corrected chi connectivity index (χ4v) is 4.06. The summed E-state index contributed by atoms with van der Waals surface area (Å²) in [5.41, 5.74) is 1.72. The number of anilines is 1. The van der Waals surface area contributed by atoms with E-state index in [1.54, 1.807) is 0 Å². The minimum Gasteiger partial charge on any atom is -0.310 e. The molecule has 0 radical (unpaired) electrons. The van der Waals surface area contributed by atoms with Crippen molar-refractivity contribution in [2.75, 3.05) is 12.5 Å². The number of H-pyrrole nitrogens is 1. The molecule has 0 bridgehead atoms. The van der Waals surface area contributed by atoms with Gasteiger partial charge in [0.2, 0.25) is 0 Å². The van der Waals surface area contributed by atoms with Crippen LogP contribution >= 0.6 is 11.3 Å². The Morgan fingerprint density at radius 2 is 2.33 bits per heavy atom. The maximum atomic E-state index is 12.3. The Balaban J connectivity index is 2.33. The molecule has 0 unspecified atom stereocenters. The topological polar surface area (TPSA) is 160 Å². The number of thiophene rings is 1. The molecule has 0 amide bonds. The molecule has 0 saturated carbocycles. The van der Waals surface area contributed by atoms with Crippen LogP contribution in [0.5, 0.6) is 0 Å². The third kappa shape index (κ3) is 2.99. The molecule has 0 aromatic carbocycles. The average Bonchev–Trinajstić information content (AvgIpc) is 3.06. The Hall–Kier alpha value is -2.09. The van der Waals surface area contributed by atoms with Gasteiger partial charge in [-0.15, -0.1) is 0 Å². The summed E-state index contributed by atoms with van der Waals surface area (Å²) in [4.78, 5) is 13.9. The monoisotopic (exact) mass is 333 g/mol. The van der Waals surface area contributed by atoms with Gasteiger partial charge in [-0.05, 0) is 0 Å². The van der Waals surface area contributed by atoms with Gasteiger partial charge in [0, 0.05) is 13.1 Å². The van der Waals surface area contributed by atoms with Crippen LogP contribution in [0.15, 0.2) is 16.6 Å². The van der Waals surface area contributed by atoms with E-state index in [0.717, 1.165) is 10.4 Å². The van der Waals surface area contributed by atoms with Gasteiger partial charge in [-0.3, -0.25) is 15.2 Å². The fourth-order valence-electron chi connectivity index (χ4n) is 1.48. The molecule has 0 saturated heterocycles. The highest BCUT2D eigenvalue weighted by atomic mass is 32.2. The van der Waals surface area contributed by atoms with Crippen molar-refractivity contribution < 1.29 is 13.3 Å². The summed E-state index contributed by atoms with van der Waals surface area (Å²) >= 11 is 0.682. The summed E-state index contributed by atoms with van der Waals surface area (Å²) in [5.74, 6) is 5.51. The summed E-state index contributed by atoms with van der Waals surface area (Å²) in [7, 11) is -2.56. The van der Waals surface area contributed by atoms with Crippen LogP contribution in [0.25, 0.3) is 0 Å². The summed E-state index contributed by atoms with van der Waals surface area (Å²) < 4.78 is 25.5. The van der Waals surface area contributed by atoms with Crippen LogP contribution in [0.1, 0.15) is 5.82 Å². The van der Waals surface area contributed by atoms with E-state index in [1.807, 2.05) is 0 Å². The van der Waals surface area contributed by atoms with Crippen molar-refractivity contribution in [3.63, 3.8) is 0 Å². The molecule has 13 heteroatoms. The molecule has 2 heterocycles. The Bertz CT molecular complexity index is 739. The lowest BCUT2D eigenvalue weighted by atomic mass is 10.5. The van der Waals surface area contributed by atoms with E-state index in [9.17, 15) is 18.5 Å². The zero-order valence-electron chi connectivity index (χ0n) is 10.7. The molecule has 11 nitrogen and oxygen atoms in total. The maximum Gasteiger partial charge on any atom is 0.306 e. The zero-order chi connectivity index (χ0) is 15.6. The highest BCUT2D eigenvalue weighted by Gasteiger charge is 2.29. The van der Waals surface area contributed by atoms with Gasteiger partial charge in [-0.2, -0.15) is 9.40 Å². The predicted octanol–water partition coefficient (Wildman–Crippen LogP) is -0.119. The number of aromatic nitrogens is 3. The second-order valence-electron chi connectivity index (χ2n) is 3.87. The second-order valence-corrected chi connectivity index (χ2v) is 7.20. The van der Waals surface area contributed by atoms with Crippen molar-refractivity contribution >= 4 is 32.0 Å². The first-order chi connectivity index (χ1) is 9.86. The van der Waals surface area contributed by atoms with Crippen molar-refractivity contribution in [1.82, 2.24) is 19.5 Å². The van der Waals surface area contributed by atoms with Crippen molar-refractivity contribution in [3.05, 3.63) is 28.3 Å². The average molecular weight is 333 g/mol. The van der Waals surface area contributed by atoms with E-state index in [0.29, 0.717) is 17.2 Å². The first-order valence-electron chi connectivity index (χ1n) is 5.41. The summed E-state index contributed by atoms with van der Waals surface area (Å²) in [5, 5.41) is 16.9. The first-order valence-corrected chi connectivity index (χ1v) is 7.67. The van der Waals surface area contributed by atoms with Crippen LogP contribution in [0.4, 0.5) is 10.7 Å². The molecule has 2 aromatic heterocycles. The minimum absolute atomic E-state index is 0.0355. The molecule has 2 aromatic rings. The van der Waals surface area contributed by atoms with Gasteiger partial charge in [0.15, 0.2) is 5.00 Å². The van der Waals surface area contributed by atoms with Crippen LogP contribution in [0.3, 0.4) is 0 Å². The van der Waals surface area contributed by atoms with E-state index in [4.69, 9.17) is 5.84 Å². The molecule has 2 rings (SSSR count). The Kier molecular flexibility index (Phi) is 4.17. The van der Waals surface area contributed by atoms with Crippen LogP contribution < -0.4 is 11.3 Å². The van der Waals surface area contributed by atoms with Crippen molar-refractivity contribution in [2.24, 2.45) is 5.84 Å². The van der Waals surface area contributed by atoms with Crippen molar-refractivity contribution in [1.29, 1.82) is 0 Å². The molecule has 0 spiro atoms. The highest BCUT2D eigenvalue weighted by Crippen LogP contribution is 2.37. The third-order valence-corrected chi connectivity index (χ3v) is 5.83. The van der Waals surface area contributed by atoms with Gasteiger partial charge in [0.1, 0.15) is 16.4 Å². The number of sulfonamides is 1. The number of hydrazine groups is 1. The minimum atomic E-state index is -3.90. The lowest BCUT2D eigenvalue weighted by molar-refractivity contribution is -0.383. The van der Waals surface area contributed by atoms with Gasteiger partial charge < -0.3 is 5.43 Å². The number of hydrogen-bond donors (Lipinski definition) is 3. The van der Waals surface area contributed by atoms with Crippen molar-refractivity contribution in [3.8, 4) is 0 Å². The van der Waals surface area contributed by atoms with Gasteiger partial charge in [0.25, 0.3) is 10.0 Å². The number of nitrogens with zero attached hydrogens (tertiary/aromatic N) is 4. The van der Waals surface area contributed by atoms with Crippen LogP contribution in [0.2, 0.25) is 0 Å². The lowest BCUT2D eigenvalue weighted by Crippen LogP contribution is -2.26. The Morgan fingerprint density at radius 1 is 1.62 bits per heavy atom. The Labute approximate surface area is 123 Å². The van der Waals surface area contributed by atoms with E-state index in [2.05, 4.69) is 20.6 Å². The number of hydrogen-bond acceptors (Lipinski definition) is 9.